The van der Waals surface area contributed by atoms with Gasteiger partial charge in [-0.2, -0.15) is 0 Å². The summed E-state index contributed by atoms with van der Waals surface area (Å²) in [4.78, 5) is 17.8. The fraction of sp³-hybridized carbons (Fsp3) is 0.200. The number of rotatable bonds is 5. The molecule has 1 amide bonds. The highest BCUT2D eigenvalue weighted by atomic mass is 32.1. The number of ether oxygens (including phenoxy) is 1. The highest BCUT2D eigenvalue weighted by molar-refractivity contribution is 7.16. The van der Waals surface area contributed by atoms with Crippen molar-refractivity contribution in [2.45, 2.75) is 20.8 Å². The Kier molecular flexibility index (Phi) is 5.14. The van der Waals surface area contributed by atoms with Gasteiger partial charge in [-0.05, 0) is 31.9 Å². The lowest BCUT2D eigenvalue weighted by Gasteiger charge is -2.11. The van der Waals surface area contributed by atoms with Gasteiger partial charge in [-0.15, -0.1) is 11.3 Å². The van der Waals surface area contributed by atoms with Crippen molar-refractivity contribution >= 4 is 22.4 Å². The maximum absolute atomic E-state index is 12.2. The topological polar surface area (TPSA) is 51.2 Å². The minimum Gasteiger partial charge on any atom is -0.483 e. The lowest BCUT2D eigenvalue weighted by atomic mass is 10.1. The zero-order valence-electron chi connectivity index (χ0n) is 14.5. The van der Waals surface area contributed by atoms with E-state index in [0.29, 0.717) is 5.13 Å². The number of para-hydroxylation sites is 1. The molecule has 5 heteroatoms. The number of aromatic nitrogens is 1. The van der Waals surface area contributed by atoms with E-state index in [1.54, 1.807) is 0 Å². The molecule has 1 heterocycles. The lowest BCUT2D eigenvalue weighted by molar-refractivity contribution is -0.118. The van der Waals surface area contributed by atoms with Gasteiger partial charge in [0.2, 0.25) is 0 Å². The molecule has 3 aromatic rings. The zero-order valence-corrected chi connectivity index (χ0v) is 15.3. The summed E-state index contributed by atoms with van der Waals surface area (Å²) in [7, 11) is 0. The van der Waals surface area contributed by atoms with Crippen LogP contribution in [0.3, 0.4) is 0 Å². The van der Waals surface area contributed by atoms with E-state index in [2.05, 4.69) is 10.3 Å². The largest absolute Gasteiger partial charge is 0.483 e. The van der Waals surface area contributed by atoms with Crippen molar-refractivity contribution in [1.29, 1.82) is 0 Å². The van der Waals surface area contributed by atoms with E-state index in [4.69, 9.17) is 4.74 Å². The van der Waals surface area contributed by atoms with Crippen LogP contribution in [0.25, 0.3) is 11.3 Å². The average Bonchev–Trinajstić information content (AvgIpc) is 2.95. The Hall–Kier alpha value is -2.66. The van der Waals surface area contributed by atoms with Gasteiger partial charge >= 0.3 is 0 Å². The van der Waals surface area contributed by atoms with Gasteiger partial charge in [0.15, 0.2) is 11.7 Å². The van der Waals surface area contributed by atoms with Crippen LogP contribution in [-0.4, -0.2) is 17.5 Å². The molecule has 0 atom stereocenters. The second-order valence-electron chi connectivity index (χ2n) is 5.85. The van der Waals surface area contributed by atoms with Gasteiger partial charge in [-0.25, -0.2) is 4.98 Å². The summed E-state index contributed by atoms with van der Waals surface area (Å²) >= 11 is 1.47. The molecule has 0 aliphatic heterocycles. The predicted molar refractivity (Wildman–Crippen MR) is 102 cm³/mol. The summed E-state index contributed by atoms with van der Waals surface area (Å²) in [5.41, 5.74) is 3.98. The molecule has 0 bridgehead atoms. The van der Waals surface area contributed by atoms with Crippen molar-refractivity contribution in [3.8, 4) is 17.0 Å². The van der Waals surface area contributed by atoms with Gasteiger partial charge in [-0.3, -0.25) is 10.1 Å². The van der Waals surface area contributed by atoms with E-state index in [1.165, 1.54) is 11.3 Å². The van der Waals surface area contributed by atoms with E-state index in [0.717, 1.165) is 33.0 Å². The Bertz CT molecular complexity index is 868. The highest BCUT2D eigenvalue weighted by Crippen LogP contribution is 2.30. The Morgan fingerprint density at radius 1 is 1.04 bits per heavy atom. The van der Waals surface area contributed by atoms with Crippen LogP contribution in [0.2, 0.25) is 0 Å². The summed E-state index contributed by atoms with van der Waals surface area (Å²) in [5.74, 6) is 0.550. The molecule has 128 valence electrons. The number of aryl methyl sites for hydroxylation is 3. The quantitative estimate of drug-likeness (QED) is 0.721. The Morgan fingerprint density at radius 2 is 1.72 bits per heavy atom. The zero-order chi connectivity index (χ0) is 17.8. The van der Waals surface area contributed by atoms with Crippen LogP contribution in [-0.2, 0) is 4.79 Å². The summed E-state index contributed by atoms with van der Waals surface area (Å²) in [6.07, 6.45) is 0. The van der Waals surface area contributed by atoms with Gasteiger partial charge in [0.1, 0.15) is 5.75 Å². The van der Waals surface area contributed by atoms with Crippen molar-refractivity contribution in [3.05, 3.63) is 64.5 Å². The van der Waals surface area contributed by atoms with E-state index >= 15 is 0 Å². The highest BCUT2D eigenvalue weighted by Gasteiger charge is 2.13. The van der Waals surface area contributed by atoms with Crippen molar-refractivity contribution < 1.29 is 9.53 Å². The SMILES string of the molecule is Cc1cccc(C)c1OCC(=O)Nc1nc(-c2ccccc2)c(C)s1. The van der Waals surface area contributed by atoms with E-state index in [-0.39, 0.29) is 12.5 Å². The van der Waals surface area contributed by atoms with E-state index in [1.807, 2.05) is 69.3 Å². The van der Waals surface area contributed by atoms with Gasteiger partial charge in [0.05, 0.1) is 5.69 Å². The number of anilines is 1. The van der Waals surface area contributed by atoms with Crippen molar-refractivity contribution in [3.63, 3.8) is 0 Å². The second kappa shape index (κ2) is 7.49. The van der Waals surface area contributed by atoms with Crippen LogP contribution < -0.4 is 10.1 Å². The Labute approximate surface area is 151 Å². The third-order valence-electron chi connectivity index (χ3n) is 3.85. The molecule has 0 radical (unpaired) electrons. The summed E-state index contributed by atoms with van der Waals surface area (Å²) in [5, 5.41) is 3.41. The number of nitrogens with one attached hydrogen (secondary N) is 1. The minimum atomic E-state index is -0.212. The average molecular weight is 352 g/mol. The molecule has 0 spiro atoms. The number of carbonyl (C=O) groups excluding carboxylic acids is 1. The fourth-order valence-electron chi connectivity index (χ4n) is 2.63. The second-order valence-corrected chi connectivity index (χ2v) is 7.05. The Balaban J connectivity index is 1.66. The standard InChI is InChI=1S/C20H20N2O2S/c1-13-8-7-9-14(2)19(13)24-12-17(23)21-20-22-18(15(3)25-20)16-10-5-4-6-11-16/h4-11H,12H2,1-3H3,(H,21,22,23). The van der Waals surface area contributed by atoms with Crippen LogP contribution in [0.15, 0.2) is 48.5 Å². The smallest absolute Gasteiger partial charge is 0.264 e. The van der Waals surface area contributed by atoms with Crippen LogP contribution in [0.1, 0.15) is 16.0 Å². The molecule has 0 aliphatic carbocycles. The monoisotopic (exact) mass is 352 g/mol. The lowest BCUT2D eigenvalue weighted by Crippen LogP contribution is -2.20. The number of hydrogen-bond donors (Lipinski definition) is 1. The maximum Gasteiger partial charge on any atom is 0.264 e. The van der Waals surface area contributed by atoms with Crippen molar-refractivity contribution in [2.75, 3.05) is 11.9 Å². The van der Waals surface area contributed by atoms with Crippen LogP contribution in [0.5, 0.6) is 5.75 Å². The molecular formula is C20H20N2O2S. The first kappa shape index (κ1) is 17.2. The molecule has 0 fully saturated rings. The fourth-order valence-corrected chi connectivity index (χ4v) is 3.49. The summed E-state index contributed by atoms with van der Waals surface area (Å²) in [6, 6.07) is 15.9. The molecular weight excluding hydrogens is 332 g/mol. The Morgan fingerprint density at radius 3 is 2.40 bits per heavy atom. The first-order chi connectivity index (χ1) is 12.0. The van der Waals surface area contributed by atoms with Crippen LogP contribution >= 0.6 is 11.3 Å². The van der Waals surface area contributed by atoms with Gasteiger partial charge in [0, 0.05) is 10.4 Å². The number of hydrogen-bond acceptors (Lipinski definition) is 4. The minimum absolute atomic E-state index is 0.0367. The number of thiazole rings is 1. The van der Waals surface area contributed by atoms with E-state index < -0.39 is 0 Å². The van der Waals surface area contributed by atoms with Crippen molar-refractivity contribution in [1.82, 2.24) is 4.98 Å². The van der Waals surface area contributed by atoms with Gasteiger partial charge in [-0.1, -0.05) is 48.5 Å². The normalized spacial score (nSPS) is 10.5. The molecule has 0 aliphatic rings. The van der Waals surface area contributed by atoms with Crippen LogP contribution in [0.4, 0.5) is 5.13 Å². The molecule has 0 saturated carbocycles. The summed E-state index contributed by atoms with van der Waals surface area (Å²) < 4.78 is 5.69. The van der Waals surface area contributed by atoms with Gasteiger partial charge in [0.25, 0.3) is 5.91 Å². The number of benzene rings is 2. The molecule has 3 rings (SSSR count). The number of amides is 1. The molecule has 1 aromatic heterocycles. The predicted octanol–water partition coefficient (Wildman–Crippen LogP) is 4.75. The number of nitrogens with zero attached hydrogens (tertiary/aromatic N) is 1. The van der Waals surface area contributed by atoms with Crippen molar-refractivity contribution in [2.24, 2.45) is 0 Å². The number of carbonyl (C=O) groups is 1. The van der Waals surface area contributed by atoms with Gasteiger partial charge < -0.3 is 4.74 Å². The third-order valence-corrected chi connectivity index (χ3v) is 4.73. The maximum atomic E-state index is 12.2. The summed E-state index contributed by atoms with van der Waals surface area (Å²) in [6.45, 7) is 5.90. The first-order valence-corrected chi connectivity index (χ1v) is 8.88. The molecule has 0 saturated heterocycles. The van der Waals surface area contributed by atoms with E-state index in [9.17, 15) is 4.79 Å². The first-order valence-electron chi connectivity index (χ1n) is 8.06. The van der Waals surface area contributed by atoms with Crippen LogP contribution in [0, 0.1) is 20.8 Å². The third kappa shape index (κ3) is 4.06. The molecule has 0 unspecified atom stereocenters. The molecule has 2 aromatic carbocycles. The molecule has 4 nitrogen and oxygen atoms in total. The molecule has 1 N–H and O–H groups in total. The molecule has 25 heavy (non-hydrogen) atoms.